The van der Waals surface area contributed by atoms with Crippen molar-refractivity contribution in [1.29, 1.82) is 0 Å². The van der Waals surface area contributed by atoms with Gasteiger partial charge in [-0.1, -0.05) is 6.92 Å². The molecule has 17 heavy (non-hydrogen) atoms. The van der Waals surface area contributed by atoms with E-state index >= 15 is 0 Å². The van der Waals surface area contributed by atoms with E-state index in [-0.39, 0.29) is 17.3 Å². The van der Waals surface area contributed by atoms with E-state index in [1.54, 1.807) is 0 Å². The summed E-state index contributed by atoms with van der Waals surface area (Å²) < 4.78 is 26.7. The molecule has 0 spiro atoms. The van der Waals surface area contributed by atoms with E-state index in [1.807, 2.05) is 0 Å². The van der Waals surface area contributed by atoms with E-state index < -0.39 is 17.5 Å². The zero-order valence-electron chi connectivity index (χ0n) is 9.47. The zero-order valence-corrected chi connectivity index (χ0v) is 9.47. The smallest absolute Gasteiger partial charge is 0.251 e. The minimum absolute atomic E-state index is 0.136. The van der Waals surface area contributed by atoms with Crippen molar-refractivity contribution in [3.05, 3.63) is 29.3 Å². The lowest BCUT2D eigenvalue weighted by atomic mass is 9.82. The molecule has 1 fully saturated rings. The largest absolute Gasteiger partial charge is 0.380 e. The maximum Gasteiger partial charge on any atom is 0.251 e. The maximum atomic E-state index is 13.5. The van der Waals surface area contributed by atoms with Crippen molar-refractivity contribution >= 4 is 11.6 Å². The predicted molar refractivity (Wildman–Crippen MR) is 60.7 cm³/mol. The van der Waals surface area contributed by atoms with E-state index in [9.17, 15) is 13.6 Å². The van der Waals surface area contributed by atoms with Crippen LogP contribution in [0.4, 0.5) is 14.5 Å². The number of hydrogen-bond acceptors (Lipinski definition) is 2. The molecule has 0 atom stereocenters. The predicted octanol–water partition coefficient (Wildman–Crippen LogP) is 2.27. The Morgan fingerprint density at radius 2 is 2.00 bits per heavy atom. The van der Waals surface area contributed by atoms with Crippen LogP contribution >= 0.6 is 0 Å². The lowest BCUT2D eigenvalue weighted by Crippen LogP contribution is -2.34. The van der Waals surface area contributed by atoms with Crippen LogP contribution < -0.4 is 11.1 Å². The number of carbonyl (C=O) groups excluding carboxylic acids is 1. The highest BCUT2D eigenvalue weighted by Crippen LogP contribution is 2.30. The van der Waals surface area contributed by atoms with Crippen molar-refractivity contribution < 1.29 is 13.6 Å². The summed E-state index contributed by atoms with van der Waals surface area (Å²) >= 11 is 0. The second-order valence-electron chi connectivity index (χ2n) is 4.59. The molecule has 0 aromatic heterocycles. The molecule has 0 aliphatic heterocycles. The van der Waals surface area contributed by atoms with Crippen molar-refractivity contribution in [1.82, 2.24) is 0 Å². The first-order valence-corrected chi connectivity index (χ1v) is 5.52. The summed E-state index contributed by atoms with van der Waals surface area (Å²) in [6.45, 7) is 2.11. The highest BCUT2D eigenvalue weighted by molar-refractivity contribution is 5.94. The summed E-state index contributed by atoms with van der Waals surface area (Å²) in [5.41, 5.74) is 4.85. The van der Waals surface area contributed by atoms with Gasteiger partial charge in [0, 0.05) is 12.1 Å². The Labute approximate surface area is 98.0 Å². The molecule has 5 heteroatoms. The van der Waals surface area contributed by atoms with Gasteiger partial charge in [0.1, 0.15) is 11.6 Å². The first kappa shape index (κ1) is 11.8. The quantitative estimate of drug-likeness (QED) is 0.851. The number of nitrogens with two attached hydrogens (primary N) is 1. The molecule has 1 aromatic carbocycles. The third-order valence-electron chi connectivity index (χ3n) is 3.06. The molecular weight excluding hydrogens is 226 g/mol. The number of nitrogens with one attached hydrogen (secondary N) is 1. The number of halogens is 2. The Hall–Kier alpha value is -1.65. The van der Waals surface area contributed by atoms with E-state index in [0.29, 0.717) is 12.0 Å². The monoisotopic (exact) mass is 240 g/mol. The standard InChI is InChI=1S/C12H14F2N2O/c1-6-2-7(3-6)16-11-4-8(12(15)17)9(13)5-10(11)14/h4-7,16H,2-3H2,1H3,(H2,15,17). The summed E-state index contributed by atoms with van der Waals surface area (Å²) in [4.78, 5) is 10.9. The van der Waals surface area contributed by atoms with Crippen molar-refractivity contribution in [2.75, 3.05) is 5.32 Å². The Bertz CT molecular complexity index is 456. The topological polar surface area (TPSA) is 55.1 Å². The van der Waals surface area contributed by atoms with Gasteiger partial charge in [-0.05, 0) is 24.8 Å². The molecule has 3 N–H and O–H groups in total. The van der Waals surface area contributed by atoms with Crippen LogP contribution in [0.25, 0.3) is 0 Å². The fourth-order valence-electron chi connectivity index (χ4n) is 2.09. The molecule has 0 bridgehead atoms. The van der Waals surface area contributed by atoms with Gasteiger partial charge in [0.25, 0.3) is 5.91 Å². The van der Waals surface area contributed by atoms with Gasteiger partial charge in [-0.2, -0.15) is 0 Å². The van der Waals surface area contributed by atoms with Gasteiger partial charge < -0.3 is 11.1 Å². The average molecular weight is 240 g/mol. The van der Waals surface area contributed by atoms with Crippen LogP contribution in [0, 0.1) is 17.6 Å². The van der Waals surface area contributed by atoms with Gasteiger partial charge >= 0.3 is 0 Å². The van der Waals surface area contributed by atoms with Gasteiger partial charge in [0.2, 0.25) is 0 Å². The minimum atomic E-state index is -0.928. The van der Waals surface area contributed by atoms with Crippen molar-refractivity contribution in [3.63, 3.8) is 0 Å². The van der Waals surface area contributed by atoms with E-state index in [1.165, 1.54) is 0 Å². The molecular formula is C12H14F2N2O. The Morgan fingerprint density at radius 1 is 1.35 bits per heavy atom. The summed E-state index contributed by atoms with van der Waals surface area (Å²) in [6.07, 6.45) is 1.89. The molecule has 1 amide bonds. The fraction of sp³-hybridized carbons (Fsp3) is 0.417. The zero-order chi connectivity index (χ0) is 12.6. The number of primary amides is 1. The molecule has 0 unspecified atom stereocenters. The molecule has 3 nitrogen and oxygen atoms in total. The molecule has 1 aliphatic rings. The van der Waals surface area contributed by atoms with Crippen LogP contribution in [0.15, 0.2) is 12.1 Å². The number of benzene rings is 1. The lowest BCUT2D eigenvalue weighted by Gasteiger charge is -2.34. The number of rotatable bonds is 3. The Morgan fingerprint density at radius 3 is 2.53 bits per heavy atom. The minimum Gasteiger partial charge on any atom is -0.380 e. The van der Waals surface area contributed by atoms with E-state index in [4.69, 9.17) is 5.73 Å². The Balaban J connectivity index is 2.21. The van der Waals surface area contributed by atoms with Gasteiger partial charge in [0.15, 0.2) is 0 Å². The third kappa shape index (κ3) is 2.38. The van der Waals surface area contributed by atoms with Gasteiger partial charge in [0.05, 0.1) is 11.3 Å². The van der Waals surface area contributed by atoms with Crippen molar-refractivity contribution in [3.8, 4) is 0 Å². The molecule has 0 heterocycles. The summed E-state index contributed by atoms with van der Waals surface area (Å²) in [5.74, 6) is -1.91. The molecule has 1 aliphatic carbocycles. The fourth-order valence-corrected chi connectivity index (χ4v) is 2.09. The molecule has 1 aromatic rings. The maximum absolute atomic E-state index is 13.5. The third-order valence-corrected chi connectivity index (χ3v) is 3.06. The van der Waals surface area contributed by atoms with Gasteiger partial charge in [-0.25, -0.2) is 8.78 Å². The molecule has 92 valence electrons. The Kier molecular flexibility index (Phi) is 3.00. The highest BCUT2D eigenvalue weighted by atomic mass is 19.1. The number of hydrogen-bond donors (Lipinski definition) is 2. The van der Waals surface area contributed by atoms with E-state index in [2.05, 4.69) is 12.2 Å². The normalized spacial score (nSPS) is 23.0. The second-order valence-corrected chi connectivity index (χ2v) is 4.59. The van der Waals surface area contributed by atoms with Crippen molar-refractivity contribution in [2.24, 2.45) is 11.7 Å². The SMILES string of the molecule is CC1CC(Nc2cc(C(N)=O)c(F)cc2F)C1. The van der Waals surface area contributed by atoms with Gasteiger partial charge in [-0.3, -0.25) is 4.79 Å². The summed E-state index contributed by atoms with van der Waals surface area (Å²) in [7, 11) is 0. The molecule has 1 saturated carbocycles. The summed E-state index contributed by atoms with van der Waals surface area (Å²) in [5, 5.41) is 2.95. The van der Waals surface area contributed by atoms with E-state index in [0.717, 1.165) is 18.9 Å². The second kappa shape index (κ2) is 4.31. The number of anilines is 1. The van der Waals surface area contributed by atoms with Crippen molar-refractivity contribution in [2.45, 2.75) is 25.8 Å². The highest BCUT2D eigenvalue weighted by Gasteiger charge is 2.26. The van der Waals surface area contributed by atoms with Crippen LogP contribution in [-0.4, -0.2) is 11.9 Å². The molecule has 2 rings (SSSR count). The van der Waals surface area contributed by atoms with Crippen LogP contribution in [-0.2, 0) is 0 Å². The van der Waals surface area contributed by atoms with Crippen LogP contribution in [0.1, 0.15) is 30.1 Å². The van der Waals surface area contributed by atoms with Crippen LogP contribution in [0.5, 0.6) is 0 Å². The molecule has 0 radical (unpaired) electrons. The first-order valence-electron chi connectivity index (χ1n) is 5.52. The summed E-state index contributed by atoms with van der Waals surface area (Å²) in [6, 6.07) is 2.01. The molecule has 0 saturated heterocycles. The first-order chi connectivity index (χ1) is 7.97. The lowest BCUT2D eigenvalue weighted by molar-refractivity contribution is 0.0996. The van der Waals surface area contributed by atoms with Crippen LogP contribution in [0.2, 0.25) is 0 Å². The van der Waals surface area contributed by atoms with Gasteiger partial charge in [-0.15, -0.1) is 0 Å². The average Bonchev–Trinajstić information content (AvgIpc) is 2.18. The number of amides is 1. The number of carbonyl (C=O) groups is 1. The van der Waals surface area contributed by atoms with Crippen LogP contribution in [0.3, 0.4) is 0 Å².